The number of anilines is 1. The molecule has 1 saturated carbocycles. The second-order valence-electron chi connectivity index (χ2n) is 9.44. The largest absolute Gasteiger partial charge is 0.467 e. The number of hydrogen-bond donors (Lipinski definition) is 2. The van der Waals surface area contributed by atoms with Gasteiger partial charge in [-0.3, -0.25) is 9.59 Å². The molecule has 0 spiro atoms. The van der Waals surface area contributed by atoms with Gasteiger partial charge in [-0.25, -0.2) is 9.59 Å². The molecule has 1 saturated heterocycles. The van der Waals surface area contributed by atoms with Crippen LogP contribution in [0.15, 0.2) is 24.3 Å². The first-order chi connectivity index (χ1) is 16.7. The van der Waals surface area contributed by atoms with Gasteiger partial charge in [0.25, 0.3) is 5.91 Å². The zero-order chi connectivity index (χ0) is 25.5. The summed E-state index contributed by atoms with van der Waals surface area (Å²) in [4.78, 5) is 56.4. The number of carbonyl (C=O) groups is 4. The highest BCUT2D eigenvalue weighted by Gasteiger charge is 2.38. The van der Waals surface area contributed by atoms with Gasteiger partial charge < -0.3 is 30.1 Å². The summed E-state index contributed by atoms with van der Waals surface area (Å²) in [5.74, 6) is -1.29. The number of piperazine rings is 1. The first-order valence-electron chi connectivity index (χ1n) is 12.2. The molecule has 4 amide bonds. The highest BCUT2D eigenvalue weighted by atomic mass is 16.5. The average molecular weight is 488 g/mol. The van der Waals surface area contributed by atoms with Crippen LogP contribution in [0.3, 0.4) is 0 Å². The Labute approximate surface area is 206 Å². The molecule has 0 radical (unpaired) electrons. The Balaban J connectivity index is 1.75. The fraction of sp³-hybridized carbons (Fsp3) is 0.600. The number of ether oxygens (including phenoxy) is 1. The van der Waals surface area contributed by atoms with Gasteiger partial charge in [0.05, 0.1) is 13.7 Å². The summed E-state index contributed by atoms with van der Waals surface area (Å²) < 4.78 is 4.70. The molecular weight excluding hydrogens is 450 g/mol. The molecule has 10 nitrogen and oxygen atoms in total. The smallest absolute Gasteiger partial charge is 0.328 e. The van der Waals surface area contributed by atoms with Crippen molar-refractivity contribution < 1.29 is 23.9 Å². The molecule has 0 bridgehead atoms. The van der Waals surface area contributed by atoms with Crippen LogP contribution in [0.25, 0.3) is 0 Å². The van der Waals surface area contributed by atoms with Gasteiger partial charge in [0.2, 0.25) is 5.91 Å². The van der Waals surface area contributed by atoms with E-state index < -0.39 is 24.0 Å². The summed E-state index contributed by atoms with van der Waals surface area (Å²) in [7, 11) is 5.09. The van der Waals surface area contributed by atoms with Crippen LogP contribution in [-0.4, -0.2) is 92.6 Å². The molecule has 1 aromatic rings. The molecular formula is C25H37N5O5. The monoisotopic (exact) mass is 487 g/mol. The Morgan fingerprint density at radius 2 is 1.69 bits per heavy atom. The van der Waals surface area contributed by atoms with E-state index in [1.54, 1.807) is 17.0 Å². The number of benzene rings is 1. The van der Waals surface area contributed by atoms with Crippen molar-refractivity contribution in [3.63, 3.8) is 0 Å². The Kier molecular flexibility index (Phi) is 8.95. The highest BCUT2D eigenvalue weighted by molar-refractivity contribution is 5.96. The van der Waals surface area contributed by atoms with Gasteiger partial charge in [-0.15, -0.1) is 0 Å². The van der Waals surface area contributed by atoms with Gasteiger partial charge in [-0.05, 0) is 44.0 Å². The van der Waals surface area contributed by atoms with Crippen molar-refractivity contribution in [3.8, 4) is 0 Å². The predicted molar refractivity (Wildman–Crippen MR) is 132 cm³/mol. The molecule has 35 heavy (non-hydrogen) atoms. The number of carbonyl (C=O) groups excluding carboxylic acids is 4. The van der Waals surface area contributed by atoms with Crippen molar-refractivity contribution in [3.05, 3.63) is 29.8 Å². The van der Waals surface area contributed by atoms with Crippen molar-refractivity contribution in [1.29, 1.82) is 0 Å². The van der Waals surface area contributed by atoms with Crippen LogP contribution < -0.4 is 15.5 Å². The second kappa shape index (κ2) is 11.9. The third-order valence-electron chi connectivity index (χ3n) is 6.71. The number of nitrogens with zero attached hydrogens (tertiary/aromatic N) is 3. The van der Waals surface area contributed by atoms with Crippen molar-refractivity contribution in [2.24, 2.45) is 0 Å². The lowest BCUT2D eigenvalue weighted by molar-refractivity contribution is -0.145. The van der Waals surface area contributed by atoms with Gasteiger partial charge in [-0.1, -0.05) is 19.3 Å². The number of urea groups is 1. The van der Waals surface area contributed by atoms with E-state index >= 15 is 0 Å². The molecule has 1 aliphatic carbocycles. The van der Waals surface area contributed by atoms with E-state index in [1.165, 1.54) is 25.4 Å². The fourth-order valence-corrected chi connectivity index (χ4v) is 4.57. The van der Waals surface area contributed by atoms with E-state index in [9.17, 15) is 19.2 Å². The molecule has 0 aromatic heterocycles. The third kappa shape index (κ3) is 6.64. The number of amides is 4. The second-order valence-corrected chi connectivity index (χ2v) is 9.44. The summed E-state index contributed by atoms with van der Waals surface area (Å²) in [6, 6.07) is 5.22. The van der Waals surface area contributed by atoms with E-state index in [-0.39, 0.29) is 31.1 Å². The van der Waals surface area contributed by atoms with Gasteiger partial charge in [0.15, 0.2) is 0 Å². The summed E-state index contributed by atoms with van der Waals surface area (Å²) in [6.07, 6.45) is 5.15. The quantitative estimate of drug-likeness (QED) is 0.590. The molecule has 192 valence electrons. The van der Waals surface area contributed by atoms with Crippen molar-refractivity contribution in [2.45, 2.75) is 57.2 Å². The minimum Gasteiger partial charge on any atom is -0.467 e. The van der Waals surface area contributed by atoms with E-state index in [4.69, 9.17) is 4.74 Å². The van der Waals surface area contributed by atoms with Crippen LogP contribution in [0.1, 0.15) is 49.4 Å². The Hall–Kier alpha value is -3.30. The SMILES string of the molecule is COC(=O)[C@@H](C)NC(=O)[C@H]1CN(C(=O)c2ccc(N(C)C)cc2)CCN1C(=O)NC1CCCCC1. The predicted octanol–water partition coefficient (Wildman–Crippen LogP) is 1.60. The molecule has 2 N–H and O–H groups in total. The molecule has 3 rings (SSSR count). The molecule has 1 aromatic carbocycles. The third-order valence-corrected chi connectivity index (χ3v) is 6.71. The minimum absolute atomic E-state index is 0.0338. The van der Waals surface area contributed by atoms with E-state index in [0.29, 0.717) is 12.1 Å². The fourth-order valence-electron chi connectivity index (χ4n) is 4.57. The summed E-state index contributed by atoms with van der Waals surface area (Å²) in [5, 5.41) is 5.69. The number of hydrogen-bond acceptors (Lipinski definition) is 6. The van der Waals surface area contributed by atoms with Gasteiger partial charge in [-0.2, -0.15) is 0 Å². The standard InChI is InChI=1S/C25H37N5O5/c1-17(24(33)35-4)26-22(31)21-16-29(23(32)18-10-12-20(13-11-18)28(2)3)14-15-30(21)25(34)27-19-8-6-5-7-9-19/h10-13,17,19,21H,5-9,14-16H2,1-4H3,(H,26,31)(H,27,34)/t17-,21-/m1/s1. The summed E-state index contributed by atoms with van der Waals surface area (Å²) >= 11 is 0. The number of nitrogens with one attached hydrogen (secondary N) is 2. The van der Waals surface area contributed by atoms with Crippen LogP contribution in [0, 0.1) is 0 Å². The number of esters is 1. The first-order valence-corrected chi connectivity index (χ1v) is 12.2. The number of rotatable bonds is 6. The van der Waals surface area contributed by atoms with E-state index in [2.05, 4.69) is 10.6 Å². The van der Waals surface area contributed by atoms with Crippen LogP contribution in [-0.2, 0) is 14.3 Å². The lowest BCUT2D eigenvalue weighted by atomic mass is 9.95. The molecule has 0 unspecified atom stereocenters. The maximum atomic E-state index is 13.2. The van der Waals surface area contributed by atoms with Crippen LogP contribution in [0.5, 0.6) is 0 Å². The van der Waals surface area contributed by atoms with Crippen molar-refractivity contribution >= 4 is 29.5 Å². The molecule has 1 heterocycles. The van der Waals surface area contributed by atoms with E-state index in [0.717, 1.165) is 31.4 Å². The Morgan fingerprint density at radius 1 is 1.03 bits per heavy atom. The summed E-state index contributed by atoms with van der Waals surface area (Å²) in [6.45, 7) is 2.08. The average Bonchev–Trinajstić information content (AvgIpc) is 2.87. The van der Waals surface area contributed by atoms with Gasteiger partial charge in [0, 0.05) is 44.5 Å². The van der Waals surface area contributed by atoms with Crippen LogP contribution in [0.4, 0.5) is 10.5 Å². The van der Waals surface area contributed by atoms with Crippen molar-refractivity contribution in [1.82, 2.24) is 20.4 Å². The summed E-state index contributed by atoms with van der Waals surface area (Å²) in [5.41, 5.74) is 1.48. The maximum absolute atomic E-state index is 13.2. The normalized spacial score (nSPS) is 19.5. The van der Waals surface area contributed by atoms with E-state index in [1.807, 2.05) is 31.1 Å². The molecule has 10 heteroatoms. The lowest BCUT2D eigenvalue weighted by Gasteiger charge is -2.41. The highest BCUT2D eigenvalue weighted by Crippen LogP contribution is 2.20. The van der Waals surface area contributed by atoms with Crippen molar-refractivity contribution in [2.75, 3.05) is 45.7 Å². The Bertz CT molecular complexity index is 913. The lowest BCUT2D eigenvalue weighted by Crippen LogP contribution is -2.64. The number of methoxy groups -OCH3 is 1. The molecule has 1 aliphatic heterocycles. The Morgan fingerprint density at radius 3 is 2.29 bits per heavy atom. The van der Waals surface area contributed by atoms with Gasteiger partial charge in [0.1, 0.15) is 12.1 Å². The van der Waals surface area contributed by atoms with Crippen LogP contribution in [0.2, 0.25) is 0 Å². The zero-order valence-electron chi connectivity index (χ0n) is 21.1. The first kappa shape index (κ1) is 26.3. The topological polar surface area (TPSA) is 111 Å². The maximum Gasteiger partial charge on any atom is 0.328 e. The zero-order valence-corrected chi connectivity index (χ0v) is 21.1. The van der Waals surface area contributed by atoms with Crippen LogP contribution >= 0.6 is 0 Å². The molecule has 2 aliphatic rings. The minimum atomic E-state index is -0.926. The molecule has 2 fully saturated rings. The van der Waals surface area contributed by atoms with Gasteiger partial charge >= 0.3 is 12.0 Å². The molecule has 2 atom stereocenters.